The van der Waals surface area contributed by atoms with Crippen molar-refractivity contribution in [3.05, 3.63) is 11.6 Å². The van der Waals surface area contributed by atoms with Crippen LogP contribution in [0.3, 0.4) is 0 Å². The molecule has 0 aromatic carbocycles. The molecule has 0 aromatic heterocycles. The maximum atomic E-state index is 6.26. The molecular formula is C22H34O2. The summed E-state index contributed by atoms with van der Waals surface area (Å²) in [6.45, 7) is 6.19. The van der Waals surface area contributed by atoms with E-state index in [9.17, 15) is 0 Å². The van der Waals surface area contributed by atoms with Gasteiger partial charge >= 0.3 is 0 Å². The first-order valence-electron chi connectivity index (χ1n) is 10.4. The van der Waals surface area contributed by atoms with Crippen LogP contribution in [0.2, 0.25) is 0 Å². The molecule has 7 unspecified atom stereocenters. The lowest BCUT2D eigenvalue weighted by molar-refractivity contribution is -0.225. The highest BCUT2D eigenvalue weighted by Crippen LogP contribution is 2.69. The summed E-state index contributed by atoms with van der Waals surface area (Å²) in [4.78, 5) is 0. The average molecular weight is 331 g/mol. The molecule has 24 heavy (non-hydrogen) atoms. The molecule has 3 saturated carbocycles. The molecule has 4 aliphatic carbocycles. The topological polar surface area (TPSA) is 18.5 Å². The van der Waals surface area contributed by atoms with Crippen molar-refractivity contribution < 1.29 is 9.47 Å². The second-order valence-corrected chi connectivity index (χ2v) is 9.95. The number of hydrogen-bond acceptors (Lipinski definition) is 2. The summed E-state index contributed by atoms with van der Waals surface area (Å²) >= 11 is 0. The molecule has 0 N–H and O–H groups in total. The smallest absolute Gasteiger partial charge is 0.0760 e. The summed E-state index contributed by atoms with van der Waals surface area (Å²) in [5.41, 5.74) is 2.91. The third kappa shape index (κ3) is 1.80. The van der Waals surface area contributed by atoms with Gasteiger partial charge in [-0.05, 0) is 80.0 Å². The Bertz CT molecular complexity index is 562. The van der Waals surface area contributed by atoms with E-state index in [1.165, 1.54) is 57.8 Å². The molecule has 4 fully saturated rings. The number of hydrogen-bond donors (Lipinski definition) is 0. The lowest BCUT2D eigenvalue weighted by Crippen LogP contribution is -2.59. The minimum Gasteiger partial charge on any atom is -0.381 e. The van der Waals surface area contributed by atoms with E-state index < -0.39 is 0 Å². The van der Waals surface area contributed by atoms with Crippen molar-refractivity contribution in [2.45, 2.75) is 83.3 Å². The fourth-order valence-corrected chi connectivity index (χ4v) is 7.92. The zero-order valence-electron chi connectivity index (χ0n) is 15.8. The van der Waals surface area contributed by atoms with Crippen LogP contribution in [0.25, 0.3) is 0 Å². The van der Waals surface area contributed by atoms with Crippen LogP contribution in [0.5, 0.6) is 0 Å². The normalized spacial score (nSPS) is 56.0. The van der Waals surface area contributed by atoms with E-state index in [4.69, 9.17) is 9.47 Å². The van der Waals surface area contributed by atoms with E-state index in [-0.39, 0.29) is 5.60 Å². The summed E-state index contributed by atoms with van der Waals surface area (Å²) in [6.07, 6.45) is 15.1. The van der Waals surface area contributed by atoms with Crippen LogP contribution in [0, 0.1) is 28.6 Å². The second kappa shape index (κ2) is 5.10. The van der Waals surface area contributed by atoms with E-state index >= 15 is 0 Å². The molecule has 2 heteroatoms. The van der Waals surface area contributed by atoms with Gasteiger partial charge in [-0.1, -0.05) is 25.5 Å². The highest BCUT2D eigenvalue weighted by molar-refractivity contribution is 5.26. The predicted octanol–water partition coefficient (Wildman–Crippen LogP) is 5.12. The van der Waals surface area contributed by atoms with Gasteiger partial charge in [-0.3, -0.25) is 0 Å². The van der Waals surface area contributed by atoms with Gasteiger partial charge in [0.05, 0.1) is 18.3 Å². The molecule has 5 aliphatic rings. The van der Waals surface area contributed by atoms with Crippen LogP contribution in [0.1, 0.15) is 71.6 Å². The maximum absolute atomic E-state index is 6.26. The van der Waals surface area contributed by atoms with Crippen molar-refractivity contribution in [2.24, 2.45) is 28.6 Å². The molecule has 1 saturated heterocycles. The molecule has 1 aliphatic heterocycles. The molecule has 5 rings (SSSR count). The Morgan fingerprint density at radius 2 is 1.83 bits per heavy atom. The van der Waals surface area contributed by atoms with Crippen LogP contribution < -0.4 is 0 Å². The van der Waals surface area contributed by atoms with E-state index in [0.717, 1.165) is 24.4 Å². The van der Waals surface area contributed by atoms with Crippen LogP contribution in [-0.4, -0.2) is 25.4 Å². The number of fused-ring (bicyclic) bond motifs is 6. The van der Waals surface area contributed by atoms with E-state index in [1.54, 1.807) is 5.57 Å². The first-order chi connectivity index (χ1) is 11.5. The van der Waals surface area contributed by atoms with Crippen molar-refractivity contribution in [3.63, 3.8) is 0 Å². The zero-order valence-corrected chi connectivity index (χ0v) is 15.8. The van der Waals surface area contributed by atoms with E-state index in [2.05, 4.69) is 19.9 Å². The van der Waals surface area contributed by atoms with Crippen molar-refractivity contribution >= 4 is 0 Å². The van der Waals surface area contributed by atoms with Crippen molar-refractivity contribution in [1.82, 2.24) is 0 Å². The summed E-state index contributed by atoms with van der Waals surface area (Å²) in [7, 11) is 1.89. The van der Waals surface area contributed by atoms with Gasteiger partial charge in [-0.25, -0.2) is 0 Å². The van der Waals surface area contributed by atoms with Crippen LogP contribution >= 0.6 is 0 Å². The van der Waals surface area contributed by atoms with Crippen molar-refractivity contribution in [3.8, 4) is 0 Å². The molecule has 2 nitrogen and oxygen atoms in total. The van der Waals surface area contributed by atoms with Crippen LogP contribution in [-0.2, 0) is 9.47 Å². The SMILES string of the molecule is COC1CCC2(C)C(=CCC3C2CCC2(C)C3CCC23CCO3)C1. The quantitative estimate of drug-likeness (QED) is 0.621. The van der Waals surface area contributed by atoms with Gasteiger partial charge in [0.1, 0.15) is 0 Å². The Kier molecular flexibility index (Phi) is 3.37. The third-order valence-corrected chi connectivity index (χ3v) is 9.57. The monoisotopic (exact) mass is 330 g/mol. The molecule has 0 radical (unpaired) electrons. The van der Waals surface area contributed by atoms with Gasteiger partial charge < -0.3 is 9.47 Å². The van der Waals surface area contributed by atoms with E-state index in [1.807, 2.05) is 7.11 Å². The molecule has 1 heterocycles. The fourth-order valence-electron chi connectivity index (χ4n) is 7.92. The fraction of sp³-hybridized carbons (Fsp3) is 0.909. The number of allylic oxidation sites excluding steroid dienone is 1. The lowest BCUT2D eigenvalue weighted by atomic mass is 9.46. The molecular weight excluding hydrogens is 296 g/mol. The van der Waals surface area contributed by atoms with Gasteiger partial charge in [-0.15, -0.1) is 0 Å². The summed E-state index contributed by atoms with van der Waals surface area (Å²) < 4.78 is 12.0. The number of ether oxygens (including phenoxy) is 2. The molecule has 0 bridgehead atoms. The largest absolute Gasteiger partial charge is 0.381 e. The summed E-state index contributed by atoms with van der Waals surface area (Å²) in [5.74, 6) is 2.70. The Morgan fingerprint density at radius 1 is 1.04 bits per heavy atom. The first kappa shape index (κ1) is 15.9. The van der Waals surface area contributed by atoms with Gasteiger partial charge in [0.2, 0.25) is 0 Å². The molecule has 7 atom stereocenters. The summed E-state index contributed by atoms with van der Waals surface area (Å²) in [6, 6.07) is 0. The van der Waals surface area contributed by atoms with Gasteiger partial charge in [0, 0.05) is 13.5 Å². The van der Waals surface area contributed by atoms with Gasteiger partial charge in [0.25, 0.3) is 0 Å². The molecule has 1 spiro atoms. The standard InChI is InChI=1S/C22H34O2/c1-20-9-6-16(23-3)14-15(20)4-5-17-18(20)7-10-21(2)19(17)8-11-22(21)12-13-24-22/h4,16-19H,5-14H2,1-3H3. The Labute approximate surface area is 147 Å². The lowest BCUT2D eigenvalue weighted by Gasteiger charge is -2.61. The Morgan fingerprint density at radius 3 is 2.54 bits per heavy atom. The Hall–Kier alpha value is -0.340. The average Bonchev–Trinajstić information content (AvgIpc) is 2.87. The van der Waals surface area contributed by atoms with Gasteiger partial charge in [-0.2, -0.15) is 0 Å². The van der Waals surface area contributed by atoms with Crippen molar-refractivity contribution in [2.75, 3.05) is 13.7 Å². The number of methoxy groups -OCH3 is 1. The predicted molar refractivity (Wildman–Crippen MR) is 95.8 cm³/mol. The molecule has 0 amide bonds. The number of rotatable bonds is 1. The summed E-state index contributed by atoms with van der Waals surface area (Å²) in [5, 5.41) is 0. The van der Waals surface area contributed by atoms with Crippen LogP contribution in [0.4, 0.5) is 0 Å². The highest BCUT2D eigenvalue weighted by Gasteiger charge is 2.66. The molecule has 134 valence electrons. The third-order valence-electron chi connectivity index (χ3n) is 9.57. The zero-order chi connectivity index (χ0) is 16.6. The Balaban J connectivity index is 1.46. The van der Waals surface area contributed by atoms with Gasteiger partial charge in [0.15, 0.2) is 0 Å². The van der Waals surface area contributed by atoms with E-state index in [0.29, 0.717) is 16.9 Å². The molecule has 0 aromatic rings. The highest BCUT2D eigenvalue weighted by atomic mass is 16.5. The minimum atomic E-state index is 0.265. The maximum Gasteiger partial charge on any atom is 0.0760 e. The minimum absolute atomic E-state index is 0.265. The van der Waals surface area contributed by atoms with Crippen LogP contribution in [0.15, 0.2) is 11.6 Å². The van der Waals surface area contributed by atoms with Crippen molar-refractivity contribution in [1.29, 1.82) is 0 Å². The second-order valence-electron chi connectivity index (χ2n) is 9.95. The first-order valence-corrected chi connectivity index (χ1v) is 10.4.